The second-order valence-electron chi connectivity index (χ2n) is 6.86. The van der Waals surface area contributed by atoms with E-state index in [-0.39, 0.29) is 18.0 Å². The molecule has 1 amide bonds. The number of benzene rings is 1. The summed E-state index contributed by atoms with van der Waals surface area (Å²) in [5, 5.41) is 0. The van der Waals surface area contributed by atoms with Crippen LogP contribution in [0, 0.1) is 6.92 Å². The molecule has 130 valence electrons. The van der Waals surface area contributed by atoms with E-state index in [2.05, 4.69) is 34.1 Å². The van der Waals surface area contributed by atoms with Gasteiger partial charge in [-0.1, -0.05) is 30.3 Å². The molecule has 2 fully saturated rings. The van der Waals surface area contributed by atoms with Gasteiger partial charge in [0.1, 0.15) is 0 Å². The largest absolute Gasteiger partial charge is 0.378 e. The van der Waals surface area contributed by atoms with Crippen LogP contribution in [0.2, 0.25) is 0 Å². The van der Waals surface area contributed by atoms with Gasteiger partial charge < -0.3 is 9.64 Å². The molecule has 5 heteroatoms. The smallest absolute Gasteiger partial charge is 0.255 e. The van der Waals surface area contributed by atoms with Crippen LogP contribution in [-0.2, 0) is 4.74 Å². The number of pyridine rings is 1. The monoisotopic (exact) mass is 337 g/mol. The van der Waals surface area contributed by atoms with Crippen LogP contribution in [0.25, 0.3) is 0 Å². The second-order valence-corrected chi connectivity index (χ2v) is 6.86. The molecule has 0 bridgehead atoms. The first kappa shape index (κ1) is 16.2. The van der Waals surface area contributed by atoms with Crippen molar-refractivity contribution in [3.8, 4) is 0 Å². The third-order valence-electron chi connectivity index (χ3n) is 5.11. The molecule has 3 heterocycles. The maximum Gasteiger partial charge on any atom is 0.255 e. The molecule has 1 aromatic carbocycles. The number of piperazine rings is 1. The number of aryl methyl sites for hydroxylation is 1. The van der Waals surface area contributed by atoms with E-state index in [9.17, 15) is 4.79 Å². The molecular formula is C20H23N3O2. The lowest BCUT2D eigenvalue weighted by Crippen LogP contribution is -2.60. The summed E-state index contributed by atoms with van der Waals surface area (Å²) in [4.78, 5) is 21.4. The highest BCUT2D eigenvalue weighted by Gasteiger charge is 2.37. The van der Waals surface area contributed by atoms with Gasteiger partial charge in [0.15, 0.2) is 0 Å². The number of aromatic nitrogens is 1. The Morgan fingerprint density at radius 2 is 2.00 bits per heavy atom. The fraction of sp³-hybridized carbons (Fsp3) is 0.400. The SMILES string of the molecule is Cc1cncc(C(=O)N2CCN3[C@@H](COC[C@@H]3c3ccccc3)C2)c1. The van der Waals surface area contributed by atoms with Crippen LogP contribution in [0.1, 0.15) is 27.5 Å². The van der Waals surface area contributed by atoms with E-state index >= 15 is 0 Å². The van der Waals surface area contributed by atoms with Crippen molar-refractivity contribution in [3.63, 3.8) is 0 Å². The van der Waals surface area contributed by atoms with Crippen LogP contribution in [-0.4, -0.2) is 59.6 Å². The number of nitrogens with zero attached hydrogens (tertiary/aromatic N) is 3. The zero-order valence-electron chi connectivity index (χ0n) is 14.5. The molecule has 2 aliphatic heterocycles. The number of ether oxygens (including phenoxy) is 1. The molecule has 2 aliphatic rings. The Kier molecular flexibility index (Phi) is 4.51. The minimum Gasteiger partial charge on any atom is -0.378 e. The van der Waals surface area contributed by atoms with Crippen molar-refractivity contribution in [1.82, 2.24) is 14.8 Å². The van der Waals surface area contributed by atoms with Gasteiger partial charge in [0.25, 0.3) is 5.91 Å². The molecule has 0 unspecified atom stereocenters. The van der Waals surface area contributed by atoms with Crippen LogP contribution in [0.15, 0.2) is 48.8 Å². The molecule has 0 saturated carbocycles. The van der Waals surface area contributed by atoms with E-state index in [4.69, 9.17) is 4.74 Å². The quantitative estimate of drug-likeness (QED) is 0.843. The Bertz CT molecular complexity index is 750. The number of morpholine rings is 1. The van der Waals surface area contributed by atoms with Gasteiger partial charge in [0.2, 0.25) is 0 Å². The number of hydrogen-bond acceptors (Lipinski definition) is 4. The first-order chi connectivity index (χ1) is 12.2. The van der Waals surface area contributed by atoms with E-state index in [1.165, 1.54) is 5.56 Å². The standard InChI is InChI=1S/C20H23N3O2/c1-15-9-17(11-21-10-15)20(24)22-7-8-23-18(12-22)13-25-14-19(23)16-5-3-2-4-6-16/h2-6,9-11,18-19H,7-8,12-14H2,1H3/t18-,19-/m1/s1. The predicted octanol–water partition coefficient (Wildman–Crippen LogP) is 2.29. The van der Waals surface area contributed by atoms with Gasteiger partial charge in [0.05, 0.1) is 30.9 Å². The number of fused-ring (bicyclic) bond motifs is 1. The third-order valence-corrected chi connectivity index (χ3v) is 5.11. The summed E-state index contributed by atoms with van der Waals surface area (Å²) in [6.45, 7) is 5.68. The van der Waals surface area contributed by atoms with Crippen molar-refractivity contribution in [2.45, 2.75) is 19.0 Å². The fourth-order valence-electron chi connectivity index (χ4n) is 3.84. The summed E-state index contributed by atoms with van der Waals surface area (Å²) < 4.78 is 5.87. The highest BCUT2D eigenvalue weighted by atomic mass is 16.5. The highest BCUT2D eigenvalue weighted by Crippen LogP contribution is 2.29. The van der Waals surface area contributed by atoms with Crippen molar-refractivity contribution < 1.29 is 9.53 Å². The lowest BCUT2D eigenvalue weighted by molar-refractivity contribution is -0.0770. The summed E-state index contributed by atoms with van der Waals surface area (Å²) in [5.74, 6) is 0.0673. The molecule has 0 aliphatic carbocycles. The molecule has 0 radical (unpaired) electrons. The van der Waals surface area contributed by atoms with Crippen LogP contribution < -0.4 is 0 Å². The molecule has 4 rings (SSSR count). The van der Waals surface area contributed by atoms with Crippen molar-refractivity contribution in [2.24, 2.45) is 0 Å². The van der Waals surface area contributed by atoms with Crippen LogP contribution in [0.3, 0.4) is 0 Å². The molecule has 2 atom stereocenters. The van der Waals surface area contributed by atoms with Crippen molar-refractivity contribution in [1.29, 1.82) is 0 Å². The van der Waals surface area contributed by atoms with Gasteiger partial charge in [-0.15, -0.1) is 0 Å². The molecule has 0 spiro atoms. The van der Waals surface area contributed by atoms with E-state index < -0.39 is 0 Å². The lowest BCUT2D eigenvalue weighted by Gasteiger charge is -2.48. The molecule has 25 heavy (non-hydrogen) atoms. The fourth-order valence-corrected chi connectivity index (χ4v) is 3.84. The minimum atomic E-state index is 0.0673. The van der Waals surface area contributed by atoms with Crippen LogP contribution in [0.4, 0.5) is 0 Å². The average molecular weight is 337 g/mol. The van der Waals surface area contributed by atoms with Gasteiger partial charge in [-0.3, -0.25) is 14.7 Å². The van der Waals surface area contributed by atoms with E-state index in [1.54, 1.807) is 12.4 Å². The van der Waals surface area contributed by atoms with Crippen molar-refractivity contribution in [3.05, 3.63) is 65.5 Å². The number of carbonyl (C=O) groups is 1. The topological polar surface area (TPSA) is 45.7 Å². The molecule has 2 aromatic rings. The zero-order chi connectivity index (χ0) is 17.2. The Morgan fingerprint density at radius 3 is 2.80 bits per heavy atom. The Hall–Kier alpha value is -2.24. The second kappa shape index (κ2) is 6.94. The summed E-state index contributed by atoms with van der Waals surface area (Å²) in [6.07, 6.45) is 3.43. The first-order valence-electron chi connectivity index (χ1n) is 8.82. The molecule has 1 aromatic heterocycles. The molecular weight excluding hydrogens is 314 g/mol. The highest BCUT2D eigenvalue weighted by molar-refractivity contribution is 5.94. The van der Waals surface area contributed by atoms with E-state index in [0.29, 0.717) is 18.7 Å². The summed E-state index contributed by atoms with van der Waals surface area (Å²) in [5.41, 5.74) is 2.97. The van der Waals surface area contributed by atoms with E-state index in [0.717, 1.165) is 25.3 Å². The Morgan fingerprint density at radius 1 is 1.16 bits per heavy atom. The van der Waals surface area contributed by atoms with Gasteiger partial charge in [-0.05, 0) is 24.1 Å². The average Bonchev–Trinajstić information content (AvgIpc) is 2.67. The van der Waals surface area contributed by atoms with Gasteiger partial charge in [0, 0.05) is 32.0 Å². The van der Waals surface area contributed by atoms with Gasteiger partial charge in [-0.25, -0.2) is 0 Å². The summed E-state index contributed by atoms with van der Waals surface area (Å²) in [7, 11) is 0. The predicted molar refractivity (Wildman–Crippen MR) is 95.4 cm³/mol. The number of amides is 1. The van der Waals surface area contributed by atoms with E-state index in [1.807, 2.05) is 24.0 Å². The number of rotatable bonds is 2. The summed E-state index contributed by atoms with van der Waals surface area (Å²) in [6, 6.07) is 12.9. The number of carbonyl (C=O) groups excluding carboxylic acids is 1. The third kappa shape index (κ3) is 3.30. The molecule has 5 nitrogen and oxygen atoms in total. The maximum absolute atomic E-state index is 12.8. The summed E-state index contributed by atoms with van der Waals surface area (Å²) >= 11 is 0. The molecule has 0 N–H and O–H groups in total. The van der Waals surface area contributed by atoms with Crippen LogP contribution >= 0.6 is 0 Å². The van der Waals surface area contributed by atoms with Crippen molar-refractivity contribution in [2.75, 3.05) is 32.8 Å². The van der Waals surface area contributed by atoms with Gasteiger partial charge >= 0.3 is 0 Å². The lowest BCUT2D eigenvalue weighted by atomic mass is 10.00. The first-order valence-corrected chi connectivity index (χ1v) is 8.82. The molecule has 2 saturated heterocycles. The van der Waals surface area contributed by atoms with Crippen molar-refractivity contribution >= 4 is 5.91 Å². The Labute approximate surface area is 148 Å². The van der Waals surface area contributed by atoms with Gasteiger partial charge in [-0.2, -0.15) is 0 Å². The number of hydrogen-bond donors (Lipinski definition) is 0. The minimum absolute atomic E-state index is 0.0673. The van der Waals surface area contributed by atoms with Crippen LogP contribution in [0.5, 0.6) is 0 Å². The maximum atomic E-state index is 12.8. The normalized spacial score (nSPS) is 24.0. The Balaban J connectivity index is 1.49. The zero-order valence-corrected chi connectivity index (χ0v) is 14.5.